The molecule has 0 bridgehead atoms. The molecule has 20 heavy (non-hydrogen) atoms. The summed E-state index contributed by atoms with van der Waals surface area (Å²) in [4.78, 5) is 0. The van der Waals surface area contributed by atoms with E-state index in [-0.39, 0.29) is 15.8 Å². The van der Waals surface area contributed by atoms with Crippen LogP contribution in [0.1, 0.15) is 5.56 Å². The second kappa shape index (κ2) is 5.52. The number of anilines is 1. The Morgan fingerprint density at radius 1 is 1.10 bits per heavy atom. The number of nitrogens with one attached hydrogen (secondary N) is 1. The smallest absolute Gasteiger partial charge is 0.152 e. The van der Waals surface area contributed by atoms with E-state index < -0.39 is 0 Å². The van der Waals surface area contributed by atoms with E-state index in [4.69, 9.17) is 23.2 Å². The third-order valence-corrected chi connectivity index (χ3v) is 4.65. The van der Waals surface area contributed by atoms with Crippen molar-refractivity contribution in [2.45, 2.75) is 6.54 Å². The molecule has 3 rings (SSSR count). The first-order valence-electron chi connectivity index (χ1n) is 6.02. The Labute approximate surface area is 130 Å². The third-order valence-electron chi connectivity index (χ3n) is 3.06. The molecule has 0 unspecified atom stereocenters. The Hall–Kier alpha value is -1.42. The predicted molar refractivity (Wildman–Crippen MR) is 87.3 cm³/mol. The molecule has 1 heterocycles. The van der Waals surface area contributed by atoms with Gasteiger partial charge in [0, 0.05) is 16.9 Å². The zero-order chi connectivity index (χ0) is 14.1. The highest BCUT2D eigenvalue weighted by Gasteiger charge is 2.07. The quantitative estimate of drug-likeness (QED) is 0.621. The third kappa shape index (κ3) is 2.57. The van der Waals surface area contributed by atoms with Gasteiger partial charge >= 0.3 is 0 Å². The monoisotopic (exact) mass is 323 g/mol. The van der Waals surface area contributed by atoms with Gasteiger partial charge in [-0.2, -0.15) is 0 Å². The SMILES string of the molecule is Oc1c(Cl)cc(NCc2csc3ccccc23)cc1Cl. The summed E-state index contributed by atoms with van der Waals surface area (Å²) >= 11 is 13.5. The normalized spacial score (nSPS) is 10.9. The Morgan fingerprint density at radius 2 is 1.80 bits per heavy atom. The van der Waals surface area contributed by atoms with Crippen LogP contribution in [0.5, 0.6) is 5.75 Å². The number of thiophene rings is 1. The van der Waals surface area contributed by atoms with E-state index in [1.54, 1.807) is 23.5 Å². The van der Waals surface area contributed by atoms with Crippen LogP contribution < -0.4 is 5.32 Å². The lowest BCUT2D eigenvalue weighted by atomic mass is 10.2. The fourth-order valence-corrected chi connectivity index (χ4v) is 3.48. The van der Waals surface area contributed by atoms with Crippen molar-refractivity contribution in [2.75, 3.05) is 5.32 Å². The van der Waals surface area contributed by atoms with Gasteiger partial charge in [0.25, 0.3) is 0 Å². The number of hydrogen-bond acceptors (Lipinski definition) is 3. The van der Waals surface area contributed by atoms with E-state index in [1.165, 1.54) is 15.6 Å². The fourth-order valence-electron chi connectivity index (χ4n) is 2.03. The van der Waals surface area contributed by atoms with E-state index >= 15 is 0 Å². The maximum Gasteiger partial charge on any atom is 0.152 e. The summed E-state index contributed by atoms with van der Waals surface area (Å²) in [5.74, 6) is -0.0835. The van der Waals surface area contributed by atoms with Crippen molar-refractivity contribution in [1.29, 1.82) is 0 Å². The van der Waals surface area contributed by atoms with E-state index in [9.17, 15) is 5.11 Å². The van der Waals surface area contributed by atoms with E-state index in [0.717, 1.165) is 5.69 Å². The number of rotatable bonds is 3. The lowest BCUT2D eigenvalue weighted by molar-refractivity contribution is 0.476. The van der Waals surface area contributed by atoms with Gasteiger partial charge in [0.15, 0.2) is 5.75 Å². The van der Waals surface area contributed by atoms with Crippen molar-refractivity contribution >= 4 is 50.3 Å². The summed E-state index contributed by atoms with van der Waals surface area (Å²) < 4.78 is 1.27. The molecular weight excluding hydrogens is 313 g/mol. The van der Waals surface area contributed by atoms with Gasteiger partial charge in [-0.1, -0.05) is 41.4 Å². The van der Waals surface area contributed by atoms with Gasteiger partial charge in [0.2, 0.25) is 0 Å². The molecule has 0 aliphatic heterocycles. The molecule has 5 heteroatoms. The molecule has 0 aliphatic rings. The average Bonchev–Trinajstić information content (AvgIpc) is 2.85. The number of halogens is 2. The Kier molecular flexibility index (Phi) is 3.74. The maximum absolute atomic E-state index is 9.53. The van der Waals surface area contributed by atoms with Crippen LogP contribution in [0.3, 0.4) is 0 Å². The van der Waals surface area contributed by atoms with Crippen LogP contribution in [0.15, 0.2) is 41.8 Å². The van der Waals surface area contributed by atoms with Crippen molar-refractivity contribution in [3.8, 4) is 5.75 Å². The molecule has 2 aromatic carbocycles. The van der Waals surface area contributed by atoms with Gasteiger partial charge < -0.3 is 10.4 Å². The number of hydrogen-bond donors (Lipinski definition) is 2. The standard InChI is InChI=1S/C15H11Cl2NOS/c16-12-5-10(6-13(17)15(12)19)18-7-9-8-20-14-4-2-1-3-11(9)14/h1-6,8,18-19H,7H2. The zero-order valence-corrected chi connectivity index (χ0v) is 12.7. The molecule has 0 saturated carbocycles. The largest absolute Gasteiger partial charge is 0.505 e. The van der Waals surface area contributed by atoms with Crippen molar-refractivity contribution < 1.29 is 5.11 Å². The first-order chi connectivity index (χ1) is 9.65. The van der Waals surface area contributed by atoms with Crippen LogP contribution >= 0.6 is 34.5 Å². The second-order valence-corrected chi connectivity index (χ2v) is 6.12. The molecule has 0 amide bonds. The average molecular weight is 324 g/mol. The molecule has 2 N–H and O–H groups in total. The first-order valence-corrected chi connectivity index (χ1v) is 7.65. The maximum atomic E-state index is 9.53. The molecule has 0 atom stereocenters. The Balaban J connectivity index is 1.83. The summed E-state index contributed by atoms with van der Waals surface area (Å²) in [6.07, 6.45) is 0. The van der Waals surface area contributed by atoms with E-state index in [2.05, 4.69) is 22.8 Å². The minimum absolute atomic E-state index is 0.0835. The van der Waals surface area contributed by atoms with Crippen LogP contribution in [-0.2, 0) is 6.54 Å². The highest BCUT2D eigenvalue weighted by atomic mass is 35.5. The minimum Gasteiger partial charge on any atom is -0.505 e. The summed E-state index contributed by atoms with van der Waals surface area (Å²) in [7, 11) is 0. The van der Waals surface area contributed by atoms with Crippen molar-refractivity contribution in [1.82, 2.24) is 0 Å². The van der Waals surface area contributed by atoms with E-state index in [0.29, 0.717) is 6.54 Å². The summed E-state index contributed by atoms with van der Waals surface area (Å²) in [6.45, 7) is 0.682. The molecular formula is C15H11Cl2NOS. The lowest BCUT2D eigenvalue weighted by Crippen LogP contribution is -1.98. The van der Waals surface area contributed by atoms with Gasteiger partial charge in [-0.15, -0.1) is 11.3 Å². The second-order valence-electron chi connectivity index (χ2n) is 4.40. The molecule has 0 fully saturated rings. The lowest BCUT2D eigenvalue weighted by Gasteiger charge is -2.08. The van der Waals surface area contributed by atoms with E-state index in [1.807, 2.05) is 12.1 Å². The van der Waals surface area contributed by atoms with Crippen LogP contribution in [0, 0.1) is 0 Å². The number of fused-ring (bicyclic) bond motifs is 1. The first kappa shape index (κ1) is 13.6. The minimum atomic E-state index is -0.0835. The molecule has 0 radical (unpaired) electrons. The van der Waals surface area contributed by atoms with Crippen LogP contribution in [-0.4, -0.2) is 5.11 Å². The van der Waals surface area contributed by atoms with Gasteiger partial charge in [0.05, 0.1) is 10.0 Å². The van der Waals surface area contributed by atoms with Crippen LogP contribution in [0.25, 0.3) is 10.1 Å². The van der Waals surface area contributed by atoms with Crippen LogP contribution in [0.4, 0.5) is 5.69 Å². The molecule has 0 spiro atoms. The van der Waals surface area contributed by atoms with Gasteiger partial charge in [-0.3, -0.25) is 0 Å². The van der Waals surface area contributed by atoms with Gasteiger partial charge in [0.1, 0.15) is 0 Å². The van der Waals surface area contributed by atoms with Crippen molar-refractivity contribution in [3.05, 3.63) is 57.4 Å². The highest BCUT2D eigenvalue weighted by Crippen LogP contribution is 2.35. The topological polar surface area (TPSA) is 32.3 Å². The van der Waals surface area contributed by atoms with Crippen LogP contribution in [0.2, 0.25) is 10.0 Å². The highest BCUT2D eigenvalue weighted by molar-refractivity contribution is 7.17. The predicted octanol–water partition coefficient (Wildman–Crippen LogP) is 5.53. The number of phenolic OH excluding ortho intramolecular Hbond substituents is 1. The van der Waals surface area contributed by atoms with Crippen molar-refractivity contribution in [2.24, 2.45) is 0 Å². The molecule has 2 nitrogen and oxygen atoms in total. The fraction of sp³-hybridized carbons (Fsp3) is 0.0667. The number of benzene rings is 2. The zero-order valence-electron chi connectivity index (χ0n) is 10.4. The molecule has 3 aromatic rings. The van der Waals surface area contributed by atoms with Gasteiger partial charge in [-0.05, 0) is 34.5 Å². The molecule has 0 saturated heterocycles. The molecule has 1 aromatic heterocycles. The summed E-state index contributed by atoms with van der Waals surface area (Å²) in [6, 6.07) is 11.6. The Morgan fingerprint density at radius 3 is 2.55 bits per heavy atom. The summed E-state index contributed by atoms with van der Waals surface area (Å²) in [5.41, 5.74) is 2.01. The molecule has 0 aliphatic carbocycles. The Bertz CT molecular complexity index is 746. The molecule has 102 valence electrons. The van der Waals surface area contributed by atoms with Crippen molar-refractivity contribution in [3.63, 3.8) is 0 Å². The number of aromatic hydroxyl groups is 1. The summed E-state index contributed by atoms with van der Waals surface area (Å²) in [5, 5.41) is 16.7. The van der Waals surface area contributed by atoms with Gasteiger partial charge in [-0.25, -0.2) is 0 Å². The number of phenols is 1.